The van der Waals surface area contributed by atoms with Crippen LogP contribution in [0.4, 0.5) is 30.2 Å². The van der Waals surface area contributed by atoms with E-state index in [0.29, 0.717) is 23.2 Å². The molecule has 0 aliphatic rings. The minimum atomic E-state index is -4.42. The number of carbonyl (C=O) groups is 1. The summed E-state index contributed by atoms with van der Waals surface area (Å²) in [5, 5.41) is 11.6. The second-order valence-electron chi connectivity index (χ2n) is 8.18. The average Bonchev–Trinajstić information content (AvgIpc) is 3.29. The van der Waals surface area contributed by atoms with Crippen LogP contribution < -0.4 is 10.2 Å². The summed E-state index contributed by atoms with van der Waals surface area (Å²) < 4.78 is 40.9. The molecule has 0 radical (unpaired) electrons. The number of aromatic nitrogens is 3. The van der Waals surface area contributed by atoms with Gasteiger partial charge in [-0.05, 0) is 56.3 Å². The van der Waals surface area contributed by atoms with Gasteiger partial charge in [0.25, 0.3) is 0 Å². The van der Waals surface area contributed by atoms with Crippen LogP contribution in [0.15, 0.2) is 90.1 Å². The predicted octanol–water partition coefficient (Wildman–Crippen LogP) is 6.77. The normalized spacial score (nSPS) is 12.2. The summed E-state index contributed by atoms with van der Waals surface area (Å²) in [6, 6.07) is 23.9. The fourth-order valence-electron chi connectivity index (χ4n) is 3.79. The van der Waals surface area contributed by atoms with E-state index in [9.17, 15) is 18.0 Å². The molecule has 37 heavy (non-hydrogen) atoms. The van der Waals surface area contributed by atoms with Gasteiger partial charge in [0.2, 0.25) is 5.91 Å². The molecule has 6 nitrogen and oxygen atoms in total. The molecule has 0 aliphatic carbocycles. The molecule has 0 saturated carbocycles. The van der Waals surface area contributed by atoms with Crippen molar-refractivity contribution in [1.29, 1.82) is 0 Å². The fourth-order valence-corrected chi connectivity index (χ4v) is 4.76. The van der Waals surface area contributed by atoms with Gasteiger partial charge in [-0.2, -0.15) is 13.2 Å². The molecule has 1 unspecified atom stereocenters. The molecular weight excluding hydrogens is 499 g/mol. The summed E-state index contributed by atoms with van der Waals surface area (Å²) in [7, 11) is 0. The van der Waals surface area contributed by atoms with Gasteiger partial charge in [-0.1, -0.05) is 54.2 Å². The third kappa shape index (κ3) is 6.32. The van der Waals surface area contributed by atoms with E-state index in [1.165, 1.54) is 17.8 Å². The first-order valence-electron chi connectivity index (χ1n) is 11.7. The largest absolute Gasteiger partial charge is 0.416 e. The Morgan fingerprint density at radius 2 is 1.59 bits per heavy atom. The first kappa shape index (κ1) is 26.3. The van der Waals surface area contributed by atoms with Crippen molar-refractivity contribution in [3.63, 3.8) is 0 Å². The quantitative estimate of drug-likeness (QED) is 0.244. The molecule has 4 aromatic rings. The van der Waals surface area contributed by atoms with Gasteiger partial charge in [-0.3, -0.25) is 9.69 Å². The Labute approximate surface area is 217 Å². The molecule has 1 atom stereocenters. The number of rotatable bonds is 9. The van der Waals surface area contributed by atoms with Crippen LogP contribution in [0.3, 0.4) is 0 Å². The molecular formula is C27H26F3N5OS. The zero-order valence-electron chi connectivity index (χ0n) is 20.3. The van der Waals surface area contributed by atoms with Crippen LogP contribution in [-0.4, -0.2) is 25.9 Å². The third-order valence-electron chi connectivity index (χ3n) is 5.63. The lowest BCUT2D eigenvalue weighted by molar-refractivity contribution is -0.137. The van der Waals surface area contributed by atoms with Crippen molar-refractivity contribution in [3.8, 4) is 0 Å². The minimum absolute atomic E-state index is 0.114. The lowest BCUT2D eigenvalue weighted by Crippen LogP contribution is -2.33. The Morgan fingerprint density at radius 1 is 0.973 bits per heavy atom. The van der Waals surface area contributed by atoms with E-state index in [1.54, 1.807) is 11.0 Å². The number of carbonyl (C=O) groups excluding carboxylic acids is 1. The van der Waals surface area contributed by atoms with Crippen LogP contribution >= 0.6 is 11.8 Å². The molecule has 1 amide bonds. The highest BCUT2D eigenvalue weighted by Gasteiger charge is 2.30. The predicted molar refractivity (Wildman–Crippen MR) is 140 cm³/mol. The number of para-hydroxylation sites is 2. The van der Waals surface area contributed by atoms with Gasteiger partial charge in [-0.25, -0.2) is 0 Å². The van der Waals surface area contributed by atoms with Crippen molar-refractivity contribution >= 4 is 34.7 Å². The van der Waals surface area contributed by atoms with E-state index in [1.807, 2.05) is 79.1 Å². The summed E-state index contributed by atoms with van der Waals surface area (Å²) in [6.45, 7) is 4.47. The number of benzene rings is 3. The Morgan fingerprint density at radius 3 is 2.16 bits per heavy atom. The van der Waals surface area contributed by atoms with Crippen molar-refractivity contribution in [2.24, 2.45) is 0 Å². The minimum Gasteiger partial charge on any atom is -0.378 e. The van der Waals surface area contributed by atoms with Crippen LogP contribution in [0, 0.1) is 0 Å². The highest BCUT2D eigenvalue weighted by molar-refractivity contribution is 8.00. The van der Waals surface area contributed by atoms with Gasteiger partial charge < -0.3 is 9.88 Å². The first-order valence-corrected chi connectivity index (χ1v) is 12.6. The number of anilines is 3. The van der Waals surface area contributed by atoms with E-state index in [2.05, 4.69) is 15.5 Å². The molecule has 0 spiro atoms. The number of thioether (sulfide) groups is 1. The highest BCUT2D eigenvalue weighted by atomic mass is 32.2. The van der Waals surface area contributed by atoms with Gasteiger partial charge in [-0.15, -0.1) is 10.2 Å². The number of halogens is 3. The van der Waals surface area contributed by atoms with E-state index in [-0.39, 0.29) is 12.5 Å². The van der Waals surface area contributed by atoms with E-state index >= 15 is 0 Å². The first-order chi connectivity index (χ1) is 17.8. The van der Waals surface area contributed by atoms with E-state index in [0.717, 1.165) is 23.5 Å². The zero-order chi connectivity index (χ0) is 26.4. The fraction of sp³-hybridized carbons (Fsp3) is 0.222. The van der Waals surface area contributed by atoms with Gasteiger partial charge in [0.15, 0.2) is 11.0 Å². The summed E-state index contributed by atoms with van der Waals surface area (Å²) >= 11 is 1.29. The number of nitrogens with one attached hydrogen (secondary N) is 1. The number of hydrogen-bond acceptors (Lipinski definition) is 5. The Balaban J connectivity index is 1.50. The number of nitrogens with zero attached hydrogens (tertiary/aromatic N) is 4. The lowest BCUT2D eigenvalue weighted by Gasteiger charge is -2.25. The van der Waals surface area contributed by atoms with Crippen molar-refractivity contribution in [3.05, 3.63) is 96.3 Å². The zero-order valence-corrected chi connectivity index (χ0v) is 21.1. The van der Waals surface area contributed by atoms with Crippen molar-refractivity contribution in [2.45, 2.75) is 43.5 Å². The van der Waals surface area contributed by atoms with E-state index < -0.39 is 17.0 Å². The molecule has 1 N–H and O–H groups in total. The monoisotopic (exact) mass is 525 g/mol. The second-order valence-corrected chi connectivity index (χ2v) is 9.49. The smallest absolute Gasteiger partial charge is 0.378 e. The maximum absolute atomic E-state index is 13.6. The van der Waals surface area contributed by atoms with Crippen molar-refractivity contribution in [2.75, 3.05) is 10.2 Å². The highest BCUT2D eigenvalue weighted by Crippen LogP contribution is 2.32. The van der Waals surface area contributed by atoms with Crippen LogP contribution in [0.5, 0.6) is 0 Å². The van der Waals surface area contributed by atoms with Crippen LogP contribution in [0.1, 0.15) is 25.2 Å². The number of amides is 1. The Kier molecular flexibility index (Phi) is 8.17. The molecule has 4 rings (SSSR count). The van der Waals surface area contributed by atoms with Crippen molar-refractivity contribution in [1.82, 2.24) is 14.8 Å². The molecule has 10 heteroatoms. The SMILES string of the molecule is CCn1c(CNc2cccc(C(F)(F)F)c2)nnc1SC(C)C(=O)N(c1ccccc1)c1ccccc1. The number of hydrogen-bond donors (Lipinski definition) is 1. The van der Waals surface area contributed by atoms with Gasteiger partial charge in [0, 0.05) is 23.6 Å². The molecule has 1 heterocycles. The summed E-state index contributed by atoms with van der Waals surface area (Å²) in [4.78, 5) is 15.3. The topological polar surface area (TPSA) is 63.1 Å². The Bertz CT molecular complexity index is 1290. The molecule has 0 saturated heterocycles. The van der Waals surface area contributed by atoms with Crippen molar-refractivity contribution < 1.29 is 18.0 Å². The second kappa shape index (κ2) is 11.5. The van der Waals surface area contributed by atoms with Crippen LogP contribution in [0.2, 0.25) is 0 Å². The maximum atomic E-state index is 13.6. The molecule has 0 bridgehead atoms. The Hall–Kier alpha value is -3.79. The summed E-state index contributed by atoms with van der Waals surface area (Å²) in [5.41, 5.74) is 1.13. The standard InChI is InChI=1S/C27H26F3N5OS/c1-3-34-24(18-31-21-12-10-11-20(17-21)27(28,29)30)32-33-26(34)37-19(2)25(36)35(22-13-6-4-7-14-22)23-15-8-5-9-16-23/h4-17,19,31H,3,18H2,1-2H3. The van der Waals surface area contributed by atoms with E-state index in [4.69, 9.17) is 0 Å². The molecule has 0 fully saturated rings. The lowest BCUT2D eigenvalue weighted by atomic mass is 10.2. The average molecular weight is 526 g/mol. The molecule has 1 aromatic heterocycles. The van der Waals surface area contributed by atoms with Crippen LogP contribution in [0.25, 0.3) is 0 Å². The van der Waals surface area contributed by atoms with Crippen LogP contribution in [-0.2, 0) is 24.1 Å². The summed E-state index contributed by atoms with van der Waals surface area (Å²) in [6.07, 6.45) is -4.42. The number of alkyl halides is 3. The van der Waals surface area contributed by atoms with Gasteiger partial charge in [0.05, 0.1) is 17.4 Å². The third-order valence-corrected chi connectivity index (χ3v) is 6.70. The van der Waals surface area contributed by atoms with Gasteiger partial charge in [0.1, 0.15) is 0 Å². The maximum Gasteiger partial charge on any atom is 0.416 e. The molecule has 0 aliphatic heterocycles. The summed E-state index contributed by atoms with van der Waals surface area (Å²) in [5.74, 6) is 0.446. The molecule has 3 aromatic carbocycles. The molecule has 192 valence electrons. The van der Waals surface area contributed by atoms with Gasteiger partial charge >= 0.3 is 6.18 Å².